The van der Waals surface area contributed by atoms with Crippen LogP contribution in [0.4, 0.5) is 0 Å². The number of benzene rings is 2. The first-order valence-electron chi connectivity index (χ1n) is 5.75. The standard InChI is InChI=1S/C15H13ClO3/c1-9-8-12(4-5-13(9)15(17)18)19-14-6-3-11(16)7-10(14)2/h3-8H,1-2H3,(H,17,18). The Kier molecular flexibility index (Phi) is 3.76. The predicted molar refractivity (Wildman–Crippen MR) is 74.4 cm³/mol. The van der Waals surface area contributed by atoms with Gasteiger partial charge < -0.3 is 9.84 Å². The minimum Gasteiger partial charge on any atom is -0.478 e. The molecule has 0 atom stereocenters. The summed E-state index contributed by atoms with van der Waals surface area (Å²) in [7, 11) is 0. The van der Waals surface area contributed by atoms with Crippen molar-refractivity contribution in [3.63, 3.8) is 0 Å². The molecule has 3 nitrogen and oxygen atoms in total. The van der Waals surface area contributed by atoms with Crippen molar-refractivity contribution < 1.29 is 14.6 Å². The fourth-order valence-electron chi connectivity index (χ4n) is 1.79. The number of hydrogen-bond donors (Lipinski definition) is 1. The van der Waals surface area contributed by atoms with Crippen molar-refractivity contribution in [3.05, 3.63) is 58.1 Å². The zero-order valence-corrected chi connectivity index (χ0v) is 11.4. The third-order valence-electron chi connectivity index (χ3n) is 2.79. The van der Waals surface area contributed by atoms with Crippen molar-refractivity contribution in [2.24, 2.45) is 0 Å². The van der Waals surface area contributed by atoms with Crippen LogP contribution in [0.1, 0.15) is 21.5 Å². The third-order valence-corrected chi connectivity index (χ3v) is 3.03. The van der Waals surface area contributed by atoms with Gasteiger partial charge in [-0.05, 0) is 61.4 Å². The lowest BCUT2D eigenvalue weighted by Gasteiger charge is -2.10. The Morgan fingerprint density at radius 2 is 1.84 bits per heavy atom. The molecule has 2 aromatic carbocycles. The molecule has 98 valence electrons. The minimum atomic E-state index is -0.938. The normalized spacial score (nSPS) is 10.3. The summed E-state index contributed by atoms with van der Waals surface area (Å²) in [5, 5.41) is 9.62. The summed E-state index contributed by atoms with van der Waals surface area (Å²) in [6.07, 6.45) is 0. The summed E-state index contributed by atoms with van der Waals surface area (Å²) in [5.41, 5.74) is 1.87. The summed E-state index contributed by atoms with van der Waals surface area (Å²) >= 11 is 5.88. The molecule has 2 aromatic rings. The van der Waals surface area contributed by atoms with E-state index in [0.717, 1.165) is 5.56 Å². The molecule has 0 heterocycles. The molecular formula is C15H13ClO3. The molecule has 0 aliphatic heterocycles. The summed E-state index contributed by atoms with van der Waals surface area (Å²) in [6, 6.07) is 10.2. The second kappa shape index (κ2) is 5.33. The van der Waals surface area contributed by atoms with Gasteiger partial charge in [-0.1, -0.05) is 11.6 Å². The molecule has 4 heteroatoms. The number of carboxylic acid groups (broad SMARTS) is 1. The van der Waals surface area contributed by atoms with Crippen LogP contribution in [-0.2, 0) is 0 Å². The lowest BCUT2D eigenvalue weighted by Crippen LogP contribution is -1.99. The van der Waals surface area contributed by atoms with Crippen LogP contribution in [0, 0.1) is 13.8 Å². The highest BCUT2D eigenvalue weighted by Crippen LogP contribution is 2.28. The molecular weight excluding hydrogens is 264 g/mol. The molecule has 0 aliphatic carbocycles. The Morgan fingerprint density at radius 1 is 1.11 bits per heavy atom. The fraction of sp³-hybridized carbons (Fsp3) is 0.133. The van der Waals surface area contributed by atoms with Crippen molar-refractivity contribution in [3.8, 4) is 11.5 Å². The maximum absolute atomic E-state index is 10.9. The quantitative estimate of drug-likeness (QED) is 0.901. The van der Waals surface area contributed by atoms with Gasteiger partial charge in [-0.3, -0.25) is 0 Å². The second-order valence-corrected chi connectivity index (χ2v) is 4.73. The van der Waals surface area contributed by atoms with E-state index in [-0.39, 0.29) is 5.56 Å². The Balaban J connectivity index is 2.29. The average Bonchev–Trinajstić information content (AvgIpc) is 2.32. The minimum absolute atomic E-state index is 0.278. The number of hydrogen-bond acceptors (Lipinski definition) is 2. The molecule has 0 amide bonds. The Labute approximate surface area is 116 Å². The van der Waals surface area contributed by atoms with Crippen LogP contribution >= 0.6 is 11.6 Å². The SMILES string of the molecule is Cc1cc(Cl)ccc1Oc1ccc(C(=O)O)c(C)c1. The Hall–Kier alpha value is -2.00. The van der Waals surface area contributed by atoms with E-state index in [0.29, 0.717) is 22.1 Å². The molecule has 0 fully saturated rings. The second-order valence-electron chi connectivity index (χ2n) is 4.29. The number of carboxylic acids is 1. The van der Waals surface area contributed by atoms with Crippen molar-refractivity contribution >= 4 is 17.6 Å². The van der Waals surface area contributed by atoms with Gasteiger partial charge in [-0.25, -0.2) is 4.79 Å². The fourth-order valence-corrected chi connectivity index (χ4v) is 2.02. The highest BCUT2D eigenvalue weighted by molar-refractivity contribution is 6.30. The van der Waals surface area contributed by atoms with Crippen molar-refractivity contribution in [2.45, 2.75) is 13.8 Å². The lowest BCUT2D eigenvalue weighted by atomic mass is 10.1. The first-order chi connectivity index (χ1) is 8.97. The van der Waals surface area contributed by atoms with Crippen LogP contribution < -0.4 is 4.74 Å². The molecule has 0 saturated heterocycles. The Morgan fingerprint density at radius 3 is 2.42 bits per heavy atom. The predicted octanol–water partition coefficient (Wildman–Crippen LogP) is 4.45. The molecule has 0 aromatic heterocycles. The maximum atomic E-state index is 10.9. The summed E-state index contributed by atoms with van der Waals surface area (Å²) in [5.74, 6) is 0.367. The number of ether oxygens (including phenoxy) is 1. The summed E-state index contributed by atoms with van der Waals surface area (Å²) in [6.45, 7) is 3.64. The summed E-state index contributed by atoms with van der Waals surface area (Å²) in [4.78, 5) is 10.9. The van der Waals surface area contributed by atoms with Crippen LogP contribution in [0.25, 0.3) is 0 Å². The molecule has 0 saturated carbocycles. The van der Waals surface area contributed by atoms with Crippen LogP contribution in [0.3, 0.4) is 0 Å². The number of halogens is 1. The third kappa shape index (κ3) is 3.06. The molecule has 0 bridgehead atoms. The van der Waals surface area contributed by atoms with E-state index in [1.54, 1.807) is 31.2 Å². The van der Waals surface area contributed by atoms with Gasteiger partial charge in [0.15, 0.2) is 0 Å². The van der Waals surface area contributed by atoms with E-state index >= 15 is 0 Å². The molecule has 1 N–H and O–H groups in total. The average molecular weight is 277 g/mol. The number of aromatic carboxylic acids is 1. The van der Waals surface area contributed by atoms with Crippen molar-refractivity contribution in [1.29, 1.82) is 0 Å². The van der Waals surface area contributed by atoms with Crippen LogP contribution in [0.2, 0.25) is 5.02 Å². The first-order valence-corrected chi connectivity index (χ1v) is 6.13. The molecule has 0 spiro atoms. The molecule has 0 aliphatic rings. The van der Waals surface area contributed by atoms with Crippen molar-refractivity contribution in [1.82, 2.24) is 0 Å². The molecule has 0 unspecified atom stereocenters. The molecule has 2 rings (SSSR count). The van der Waals surface area contributed by atoms with E-state index in [1.165, 1.54) is 6.07 Å². The summed E-state index contributed by atoms with van der Waals surface area (Å²) < 4.78 is 5.73. The van der Waals surface area contributed by atoms with E-state index in [9.17, 15) is 4.79 Å². The maximum Gasteiger partial charge on any atom is 0.335 e. The van der Waals surface area contributed by atoms with E-state index in [1.807, 2.05) is 13.0 Å². The van der Waals surface area contributed by atoms with Gasteiger partial charge >= 0.3 is 5.97 Å². The van der Waals surface area contributed by atoms with Gasteiger partial charge in [0.25, 0.3) is 0 Å². The topological polar surface area (TPSA) is 46.5 Å². The van der Waals surface area contributed by atoms with Crippen LogP contribution in [0.5, 0.6) is 11.5 Å². The number of aryl methyl sites for hydroxylation is 2. The van der Waals surface area contributed by atoms with Crippen molar-refractivity contribution in [2.75, 3.05) is 0 Å². The zero-order valence-electron chi connectivity index (χ0n) is 10.6. The lowest BCUT2D eigenvalue weighted by molar-refractivity contribution is 0.0696. The van der Waals surface area contributed by atoms with Crippen LogP contribution in [0.15, 0.2) is 36.4 Å². The first kappa shape index (κ1) is 13.4. The van der Waals surface area contributed by atoms with Gasteiger partial charge in [-0.2, -0.15) is 0 Å². The van der Waals surface area contributed by atoms with E-state index in [4.69, 9.17) is 21.4 Å². The van der Waals surface area contributed by atoms with Gasteiger partial charge in [0.2, 0.25) is 0 Å². The van der Waals surface area contributed by atoms with E-state index < -0.39 is 5.97 Å². The van der Waals surface area contributed by atoms with Crippen LogP contribution in [-0.4, -0.2) is 11.1 Å². The van der Waals surface area contributed by atoms with Gasteiger partial charge in [0.05, 0.1) is 5.56 Å². The molecule has 0 radical (unpaired) electrons. The zero-order chi connectivity index (χ0) is 14.0. The highest BCUT2D eigenvalue weighted by Gasteiger charge is 2.09. The Bertz CT molecular complexity index is 635. The largest absolute Gasteiger partial charge is 0.478 e. The van der Waals surface area contributed by atoms with Gasteiger partial charge in [0.1, 0.15) is 11.5 Å². The van der Waals surface area contributed by atoms with E-state index in [2.05, 4.69) is 0 Å². The monoisotopic (exact) mass is 276 g/mol. The van der Waals surface area contributed by atoms with Gasteiger partial charge in [0, 0.05) is 5.02 Å². The number of carbonyl (C=O) groups is 1. The number of rotatable bonds is 3. The smallest absolute Gasteiger partial charge is 0.335 e. The van der Waals surface area contributed by atoms with Gasteiger partial charge in [-0.15, -0.1) is 0 Å². The molecule has 19 heavy (non-hydrogen) atoms. The highest BCUT2D eigenvalue weighted by atomic mass is 35.5.